The van der Waals surface area contributed by atoms with Crippen LogP contribution in [0.2, 0.25) is 5.02 Å². The standard InChI is InChI=1S/C12H15ClN2O5S/c1-19-12(16)6-9-8-15(4-5-20-9)21(17,18)11-7-14-3-2-10(11)13/h2-3,7,9H,4-6,8H2,1H3. The number of carbonyl (C=O) groups is 1. The quantitative estimate of drug-likeness (QED) is 0.753. The van der Waals surface area contributed by atoms with Crippen LogP contribution in [0.1, 0.15) is 6.42 Å². The van der Waals surface area contributed by atoms with Gasteiger partial charge in [0.05, 0.1) is 31.3 Å². The first-order valence-electron chi connectivity index (χ1n) is 6.23. The number of hydrogen-bond donors (Lipinski definition) is 0. The van der Waals surface area contributed by atoms with Crippen LogP contribution in [-0.4, -0.2) is 56.6 Å². The number of hydrogen-bond acceptors (Lipinski definition) is 6. The molecule has 2 rings (SSSR count). The molecule has 0 N–H and O–H groups in total. The van der Waals surface area contributed by atoms with Gasteiger partial charge >= 0.3 is 5.97 Å². The van der Waals surface area contributed by atoms with Gasteiger partial charge in [-0.25, -0.2) is 8.42 Å². The van der Waals surface area contributed by atoms with Crippen LogP contribution in [0.3, 0.4) is 0 Å². The monoisotopic (exact) mass is 334 g/mol. The highest BCUT2D eigenvalue weighted by atomic mass is 35.5. The lowest BCUT2D eigenvalue weighted by atomic mass is 10.2. The van der Waals surface area contributed by atoms with E-state index in [0.29, 0.717) is 0 Å². The van der Waals surface area contributed by atoms with Crippen molar-refractivity contribution in [3.05, 3.63) is 23.5 Å². The van der Waals surface area contributed by atoms with Crippen LogP contribution in [0.15, 0.2) is 23.4 Å². The van der Waals surface area contributed by atoms with Crippen molar-refractivity contribution in [2.24, 2.45) is 0 Å². The molecule has 1 unspecified atom stereocenters. The van der Waals surface area contributed by atoms with E-state index in [1.54, 1.807) is 0 Å². The predicted octanol–water partition coefficient (Wildman–Crippen LogP) is 0.688. The number of morpholine rings is 1. The van der Waals surface area contributed by atoms with Gasteiger partial charge in [-0.3, -0.25) is 9.78 Å². The van der Waals surface area contributed by atoms with Gasteiger partial charge < -0.3 is 9.47 Å². The molecule has 1 aromatic rings. The summed E-state index contributed by atoms with van der Waals surface area (Å²) in [7, 11) is -2.49. The third-order valence-corrected chi connectivity index (χ3v) is 5.41. The number of aromatic nitrogens is 1. The number of pyridine rings is 1. The Morgan fingerprint density at radius 3 is 3.05 bits per heavy atom. The van der Waals surface area contributed by atoms with Crippen molar-refractivity contribution in [3.8, 4) is 0 Å². The molecule has 0 saturated carbocycles. The first kappa shape index (κ1) is 16.2. The van der Waals surface area contributed by atoms with Crippen LogP contribution in [0.5, 0.6) is 0 Å². The fourth-order valence-electron chi connectivity index (χ4n) is 2.00. The maximum absolute atomic E-state index is 12.5. The Balaban J connectivity index is 2.17. The Labute approximate surface area is 127 Å². The average molecular weight is 335 g/mol. The zero-order chi connectivity index (χ0) is 15.5. The lowest BCUT2D eigenvalue weighted by Gasteiger charge is -2.31. The van der Waals surface area contributed by atoms with Gasteiger partial charge in [0.2, 0.25) is 10.0 Å². The van der Waals surface area contributed by atoms with Crippen molar-refractivity contribution in [1.82, 2.24) is 9.29 Å². The lowest BCUT2D eigenvalue weighted by Crippen LogP contribution is -2.46. The maximum atomic E-state index is 12.5. The van der Waals surface area contributed by atoms with Crippen molar-refractivity contribution < 1.29 is 22.7 Å². The Morgan fingerprint density at radius 2 is 2.38 bits per heavy atom. The van der Waals surface area contributed by atoms with E-state index < -0.39 is 22.1 Å². The fraction of sp³-hybridized carbons (Fsp3) is 0.500. The minimum Gasteiger partial charge on any atom is -0.469 e. The number of halogens is 1. The highest BCUT2D eigenvalue weighted by Gasteiger charge is 2.33. The van der Waals surface area contributed by atoms with Crippen LogP contribution in [0, 0.1) is 0 Å². The molecule has 116 valence electrons. The van der Waals surface area contributed by atoms with Gasteiger partial charge in [-0.15, -0.1) is 0 Å². The molecule has 1 fully saturated rings. The minimum atomic E-state index is -3.76. The Bertz CT molecular complexity index is 622. The smallest absolute Gasteiger partial charge is 0.308 e. The molecule has 1 aliphatic rings. The summed E-state index contributed by atoms with van der Waals surface area (Å²) in [5, 5.41) is 0.112. The largest absolute Gasteiger partial charge is 0.469 e. The van der Waals surface area contributed by atoms with E-state index in [4.69, 9.17) is 16.3 Å². The Kier molecular flexibility index (Phi) is 5.15. The molecule has 7 nitrogen and oxygen atoms in total. The molecule has 1 atom stereocenters. The van der Waals surface area contributed by atoms with E-state index >= 15 is 0 Å². The van der Waals surface area contributed by atoms with Gasteiger partial charge in [-0.05, 0) is 6.07 Å². The average Bonchev–Trinajstić information content (AvgIpc) is 2.47. The summed E-state index contributed by atoms with van der Waals surface area (Å²) in [6.45, 7) is 0.479. The van der Waals surface area contributed by atoms with Crippen LogP contribution in [-0.2, 0) is 24.3 Å². The molecule has 9 heteroatoms. The molecular weight excluding hydrogens is 320 g/mol. The molecule has 2 heterocycles. The fourth-order valence-corrected chi connectivity index (χ4v) is 3.86. The zero-order valence-electron chi connectivity index (χ0n) is 11.4. The van der Waals surface area contributed by atoms with Crippen LogP contribution in [0.25, 0.3) is 0 Å². The van der Waals surface area contributed by atoms with E-state index in [9.17, 15) is 13.2 Å². The molecule has 0 spiro atoms. The third-order valence-electron chi connectivity index (χ3n) is 3.08. The highest BCUT2D eigenvalue weighted by molar-refractivity contribution is 7.89. The molecule has 0 aromatic carbocycles. The molecule has 1 saturated heterocycles. The van der Waals surface area contributed by atoms with E-state index in [-0.39, 0.29) is 36.0 Å². The minimum absolute atomic E-state index is 0.00327. The molecule has 1 aromatic heterocycles. The second-order valence-electron chi connectivity index (χ2n) is 4.44. The predicted molar refractivity (Wildman–Crippen MR) is 74.4 cm³/mol. The summed E-state index contributed by atoms with van der Waals surface area (Å²) >= 11 is 5.92. The molecule has 0 aliphatic carbocycles. The van der Waals surface area contributed by atoms with Crippen LogP contribution >= 0.6 is 11.6 Å². The summed E-state index contributed by atoms with van der Waals surface area (Å²) < 4.78 is 36.3. The van der Waals surface area contributed by atoms with E-state index in [1.165, 1.54) is 29.9 Å². The van der Waals surface area contributed by atoms with Crippen LogP contribution in [0.4, 0.5) is 0 Å². The van der Waals surface area contributed by atoms with Crippen molar-refractivity contribution in [2.45, 2.75) is 17.4 Å². The molecular formula is C12H15ClN2O5S. The van der Waals surface area contributed by atoms with Gasteiger partial charge in [-0.1, -0.05) is 11.6 Å². The lowest BCUT2D eigenvalue weighted by molar-refractivity contribution is -0.145. The number of sulfonamides is 1. The Hall–Kier alpha value is -1.22. The van der Waals surface area contributed by atoms with Gasteiger partial charge in [0, 0.05) is 25.5 Å². The highest BCUT2D eigenvalue weighted by Crippen LogP contribution is 2.25. The number of methoxy groups -OCH3 is 1. The topological polar surface area (TPSA) is 85.8 Å². The van der Waals surface area contributed by atoms with E-state index in [2.05, 4.69) is 9.72 Å². The molecule has 21 heavy (non-hydrogen) atoms. The number of rotatable bonds is 4. The number of ether oxygens (including phenoxy) is 2. The molecule has 0 bridgehead atoms. The van der Waals surface area contributed by atoms with Gasteiger partial charge in [0.15, 0.2) is 0 Å². The SMILES string of the molecule is COC(=O)CC1CN(S(=O)(=O)c2cnccc2Cl)CCO1. The van der Waals surface area contributed by atoms with Gasteiger partial charge in [0.1, 0.15) is 4.90 Å². The summed E-state index contributed by atoms with van der Waals surface area (Å²) in [4.78, 5) is 15.0. The molecule has 0 radical (unpaired) electrons. The first-order valence-corrected chi connectivity index (χ1v) is 8.05. The van der Waals surface area contributed by atoms with Crippen molar-refractivity contribution >= 4 is 27.6 Å². The van der Waals surface area contributed by atoms with Crippen molar-refractivity contribution in [3.63, 3.8) is 0 Å². The van der Waals surface area contributed by atoms with Crippen molar-refractivity contribution in [2.75, 3.05) is 26.8 Å². The summed E-state index contributed by atoms with van der Waals surface area (Å²) in [5.41, 5.74) is 0. The van der Waals surface area contributed by atoms with Crippen LogP contribution < -0.4 is 0 Å². The molecule has 1 aliphatic heterocycles. The normalized spacial score (nSPS) is 20.2. The van der Waals surface area contributed by atoms with E-state index in [1.807, 2.05) is 0 Å². The first-order chi connectivity index (χ1) is 9.95. The van der Waals surface area contributed by atoms with E-state index in [0.717, 1.165) is 0 Å². The summed E-state index contributed by atoms with van der Waals surface area (Å²) in [6, 6.07) is 1.42. The summed E-state index contributed by atoms with van der Waals surface area (Å²) in [5.74, 6) is -0.446. The van der Waals surface area contributed by atoms with Gasteiger partial charge in [0.25, 0.3) is 0 Å². The Morgan fingerprint density at radius 1 is 1.62 bits per heavy atom. The summed E-state index contributed by atoms with van der Waals surface area (Å²) in [6.07, 6.45) is 2.10. The van der Waals surface area contributed by atoms with Crippen molar-refractivity contribution in [1.29, 1.82) is 0 Å². The molecule has 0 amide bonds. The second kappa shape index (κ2) is 6.69. The zero-order valence-corrected chi connectivity index (χ0v) is 12.9. The third kappa shape index (κ3) is 3.70. The number of carbonyl (C=O) groups excluding carboxylic acids is 1. The number of nitrogens with zero attached hydrogens (tertiary/aromatic N) is 2. The van der Waals surface area contributed by atoms with Gasteiger partial charge in [-0.2, -0.15) is 4.31 Å². The second-order valence-corrected chi connectivity index (χ2v) is 6.76. The maximum Gasteiger partial charge on any atom is 0.308 e. The number of esters is 1.